The summed E-state index contributed by atoms with van der Waals surface area (Å²) in [6.07, 6.45) is -0.252. The summed E-state index contributed by atoms with van der Waals surface area (Å²) < 4.78 is 5.29. The molecule has 18 heavy (non-hydrogen) atoms. The van der Waals surface area contributed by atoms with Crippen molar-refractivity contribution in [2.45, 2.75) is 32.3 Å². The summed E-state index contributed by atoms with van der Waals surface area (Å²) >= 11 is 0. The van der Waals surface area contributed by atoms with E-state index in [4.69, 9.17) is 4.74 Å². The van der Waals surface area contributed by atoms with Gasteiger partial charge >= 0.3 is 6.09 Å². The minimum Gasteiger partial charge on any atom is -0.508 e. The lowest BCUT2D eigenvalue weighted by Crippen LogP contribution is -2.50. The second-order valence-electron chi connectivity index (χ2n) is 5.67. The number of hydrogen-bond acceptors (Lipinski definition) is 3. The van der Waals surface area contributed by atoms with Crippen LogP contribution in [0, 0.1) is 0 Å². The maximum absolute atomic E-state index is 11.7. The van der Waals surface area contributed by atoms with Gasteiger partial charge in [-0.2, -0.15) is 0 Å². The number of aromatic hydroxyl groups is 1. The fourth-order valence-electron chi connectivity index (χ4n) is 1.91. The molecule has 1 fully saturated rings. The molecule has 1 amide bonds. The van der Waals surface area contributed by atoms with Crippen molar-refractivity contribution in [3.63, 3.8) is 0 Å². The molecule has 0 saturated carbocycles. The van der Waals surface area contributed by atoms with E-state index in [1.165, 1.54) is 0 Å². The van der Waals surface area contributed by atoms with E-state index in [0.29, 0.717) is 19.0 Å². The number of carbonyl (C=O) groups is 1. The summed E-state index contributed by atoms with van der Waals surface area (Å²) in [6.45, 7) is 6.95. The number of ether oxygens (including phenoxy) is 1. The van der Waals surface area contributed by atoms with E-state index in [1.54, 1.807) is 17.0 Å². The molecule has 0 aliphatic carbocycles. The van der Waals surface area contributed by atoms with Gasteiger partial charge in [0.15, 0.2) is 0 Å². The number of hydrogen-bond donors (Lipinski definition) is 1. The van der Waals surface area contributed by atoms with E-state index >= 15 is 0 Å². The Bertz CT molecular complexity index is 427. The Kier molecular flexibility index (Phi) is 3.20. The number of likely N-dealkylation sites (tertiary alicyclic amines) is 1. The first-order valence-electron chi connectivity index (χ1n) is 6.12. The minimum atomic E-state index is -0.444. The highest BCUT2D eigenvalue weighted by Gasteiger charge is 2.34. The van der Waals surface area contributed by atoms with Gasteiger partial charge in [0, 0.05) is 19.0 Å². The second kappa shape index (κ2) is 4.52. The topological polar surface area (TPSA) is 49.8 Å². The Labute approximate surface area is 107 Å². The Morgan fingerprint density at radius 2 is 1.83 bits per heavy atom. The van der Waals surface area contributed by atoms with Gasteiger partial charge in [0.05, 0.1) is 0 Å². The molecule has 1 aliphatic heterocycles. The number of amides is 1. The third kappa shape index (κ3) is 2.94. The average molecular weight is 249 g/mol. The molecule has 4 heteroatoms. The van der Waals surface area contributed by atoms with Crippen molar-refractivity contribution in [2.24, 2.45) is 0 Å². The highest BCUT2D eigenvalue weighted by Crippen LogP contribution is 2.29. The van der Waals surface area contributed by atoms with Gasteiger partial charge < -0.3 is 14.7 Å². The molecule has 1 aromatic carbocycles. The molecule has 0 atom stereocenters. The van der Waals surface area contributed by atoms with E-state index in [1.807, 2.05) is 32.9 Å². The maximum Gasteiger partial charge on any atom is 0.410 e. The zero-order valence-electron chi connectivity index (χ0n) is 11.0. The number of rotatable bonds is 1. The number of nitrogens with zero attached hydrogens (tertiary/aromatic N) is 1. The smallest absolute Gasteiger partial charge is 0.410 e. The fourth-order valence-corrected chi connectivity index (χ4v) is 1.91. The maximum atomic E-state index is 11.7. The van der Waals surface area contributed by atoms with Gasteiger partial charge in [-0.15, -0.1) is 0 Å². The molecule has 1 saturated heterocycles. The van der Waals surface area contributed by atoms with Crippen LogP contribution in [-0.4, -0.2) is 34.8 Å². The second-order valence-corrected chi connectivity index (χ2v) is 5.67. The highest BCUT2D eigenvalue weighted by atomic mass is 16.6. The van der Waals surface area contributed by atoms with Crippen LogP contribution in [0.4, 0.5) is 4.79 Å². The van der Waals surface area contributed by atoms with E-state index in [0.717, 1.165) is 5.56 Å². The van der Waals surface area contributed by atoms with Crippen LogP contribution in [0.25, 0.3) is 0 Å². The monoisotopic (exact) mass is 249 g/mol. The van der Waals surface area contributed by atoms with Crippen molar-refractivity contribution in [3.05, 3.63) is 29.8 Å². The van der Waals surface area contributed by atoms with Crippen LogP contribution in [0.15, 0.2) is 24.3 Å². The molecular weight excluding hydrogens is 230 g/mol. The molecule has 1 N–H and O–H groups in total. The van der Waals surface area contributed by atoms with E-state index in [2.05, 4.69) is 0 Å². The van der Waals surface area contributed by atoms with Crippen molar-refractivity contribution in [3.8, 4) is 5.75 Å². The number of carbonyl (C=O) groups excluding carboxylic acids is 1. The van der Waals surface area contributed by atoms with E-state index in [9.17, 15) is 9.90 Å². The zero-order valence-corrected chi connectivity index (χ0v) is 11.0. The first-order chi connectivity index (χ1) is 8.35. The van der Waals surface area contributed by atoms with Crippen LogP contribution >= 0.6 is 0 Å². The SMILES string of the molecule is CC(C)(C)OC(=O)N1CC(c2ccc(O)cc2)C1. The number of phenolic OH excluding ortho intramolecular Hbond substituents is 1. The molecule has 4 nitrogen and oxygen atoms in total. The Morgan fingerprint density at radius 3 is 2.33 bits per heavy atom. The van der Waals surface area contributed by atoms with Crippen molar-refractivity contribution in [1.29, 1.82) is 0 Å². The lowest BCUT2D eigenvalue weighted by atomic mass is 9.92. The predicted octanol–water partition coefficient (Wildman–Crippen LogP) is 2.73. The van der Waals surface area contributed by atoms with Crippen molar-refractivity contribution >= 4 is 6.09 Å². The fraction of sp³-hybridized carbons (Fsp3) is 0.500. The first kappa shape index (κ1) is 12.7. The summed E-state index contributed by atoms with van der Waals surface area (Å²) in [4.78, 5) is 13.4. The molecular formula is C14H19NO3. The average Bonchev–Trinajstić information content (AvgIpc) is 2.15. The molecule has 0 bridgehead atoms. The van der Waals surface area contributed by atoms with Crippen LogP contribution in [0.5, 0.6) is 5.75 Å². The largest absolute Gasteiger partial charge is 0.508 e. The predicted molar refractivity (Wildman–Crippen MR) is 68.7 cm³/mol. The van der Waals surface area contributed by atoms with Gasteiger partial charge in [-0.25, -0.2) is 4.79 Å². The van der Waals surface area contributed by atoms with Crippen LogP contribution in [0.1, 0.15) is 32.3 Å². The molecule has 1 aliphatic rings. The van der Waals surface area contributed by atoms with Crippen LogP contribution in [-0.2, 0) is 4.74 Å². The number of phenols is 1. The quantitative estimate of drug-likeness (QED) is 0.832. The normalized spacial score (nSPS) is 16.3. The Hall–Kier alpha value is -1.71. The summed E-state index contributed by atoms with van der Waals surface area (Å²) in [5, 5.41) is 9.21. The summed E-state index contributed by atoms with van der Waals surface area (Å²) in [5.41, 5.74) is 0.702. The van der Waals surface area contributed by atoms with E-state index < -0.39 is 5.60 Å². The molecule has 2 rings (SSSR count). The standard InChI is InChI=1S/C14H19NO3/c1-14(2,3)18-13(17)15-8-11(9-15)10-4-6-12(16)7-5-10/h4-7,11,16H,8-9H2,1-3H3. The van der Waals surface area contributed by atoms with Gasteiger partial charge in [0.2, 0.25) is 0 Å². The van der Waals surface area contributed by atoms with Crippen LogP contribution in [0.2, 0.25) is 0 Å². The third-order valence-electron chi connectivity index (χ3n) is 2.90. The van der Waals surface area contributed by atoms with Crippen molar-refractivity contribution in [2.75, 3.05) is 13.1 Å². The van der Waals surface area contributed by atoms with Gasteiger partial charge in [-0.05, 0) is 38.5 Å². The lowest BCUT2D eigenvalue weighted by Gasteiger charge is -2.40. The molecule has 0 aromatic heterocycles. The Morgan fingerprint density at radius 1 is 1.28 bits per heavy atom. The molecule has 0 spiro atoms. The third-order valence-corrected chi connectivity index (χ3v) is 2.90. The Balaban J connectivity index is 1.87. The molecule has 1 heterocycles. The molecule has 0 unspecified atom stereocenters. The summed E-state index contributed by atoms with van der Waals surface area (Å²) in [5.74, 6) is 0.611. The van der Waals surface area contributed by atoms with Crippen LogP contribution in [0.3, 0.4) is 0 Å². The van der Waals surface area contributed by atoms with Gasteiger partial charge in [-0.1, -0.05) is 12.1 Å². The van der Waals surface area contributed by atoms with Gasteiger partial charge in [0.1, 0.15) is 11.4 Å². The molecule has 0 radical (unpaired) electrons. The lowest BCUT2D eigenvalue weighted by molar-refractivity contribution is 0.00819. The van der Waals surface area contributed by atoms with Crippen molar-refractivity contribution in [1.82, 2.24) is 4.90 Å². The van der Waals surface area contributed by atoms with Gasteiger partial charge in [-0.3, -0.25) is 0 Å². The van der Waals surface area contributed by atoms with Crippen molar-refractivity contribution < 1.29 is 14.6 Å². The summed E-state index contributed by atoms with van der Waals surface area (Å²) in [6, 6.07) is 7.13. The minimum absolute atomic E-state index is 0.252. The highest BCUT2D eigenvalue weighted by molar-refractivity contribution is 5.69. The first-order valence-corrected chi connectivity index (χ1v) is 6.12. The van der Waals surface area contributed by atoms with Crippen LogP contribution < -0.4 is 0 Å². The zero-order chi connectivity index (χ0) is 13.3. The number of benzene rings is 1. The summed E-state index contributed by atoms with van der Waals surface area (Å²) in [7, 11) is 0. The molecule has 1 aromatic rings. The molecule has 98 valence electrons. The van der Waals surface area contributed by atoms with Gasteiger partial charge in [0.25, 0.3) is 0 Å². The van der Waals surface area contributed by atoms with E-state index in [-0.39, 0.29) is 11.8 Å².